The Bertz CT molecular complexity index is 684. The minimum absolute atomic E-state index is 0.368. The highest BCUT2D eigenvalue weighted by Gasteiger charge is 2.04. The largest absolute Gasteiger partial charge is 0.487 e. The van der Waals surface area contributed by atoms with Crippen molar-refractivity contribution in [3.8, 4) is 17.0 Å². The Labute approximate surface area is 137 Å². The Morgan fingerprint density at radius 1 is 1.13 bits per heavy atom. The lowest BCUT2D eigenvalue weighted by atomic mass is 10.2. The molecule has 1 aromatic carbocycles. The van der Waals surface area contributed by atoms with Gasteiger partial charge in [0.05, 0.1) is 23.9 Å². The number of nitrogens with zero attached hydrogens (tertiary/aromatic N) is 3. The third-order valence-corrected chi connectivity index (χ3v) is 3.24. The van der Waals surface area contributed by atoms with Gasteiger partial charge in [0.15, 0.2) is 0 Å². The van der Waals surface area contributed by atoms with Crippen molar-refractivity contribution in [1.29, 1.82) is 0 Å². The number of ether oxygens (including phenoxy) is 1. The number of imidazole rings is 1. The van der Waals surface area contributed by atoms with Crippen LogP contribution in [0, 0.1) is 0 Å². The molecular formula is C18H24N4O. The maximum Gasteiger partial charge on any atom is 0.132 e. The van der Waals surface area contributed by atoms with Gasteiger partial charge in [-0.1, -0.05) is 13.8 Å². The van der Waals surface area contributed by atoms with E-state index in [2.05, 4.69) is 28.9 Å². The number of hydrogen-bond acceptors (Lipinski definition) is 3. The summed E-state index contributed by atoms with van der Waals surface area (Å²) >= 11 is 0. The van der Waals surface area contributed by atoms with Gasteiger partial charge in [-0.3, -0.25) is 4.68 Å². The quantitative estimate of drug-likeness (QED) is 0.756. The van der Waals surface area contributed by atoms with E-state index in [9.17, 15) is 0 Å². The number of hydrogen-bond donors (Lipinski definition) is 1. The molecule has 1 N–H and O–H groups in total. The number of benzene rings is 1. The van der Waals surface area contributed by atoms with Crippen molar-refractivity contribution < 1.29 is 4.74 Å². The summed E-state index contributed by atoms with van der Waals surface area (Å²) in [5.41, 5.74) is 3.02. The van der Waals surface area contributed by atoms with Crippen molar-refractivity contribution in [3.05, 3.63) is 54.7 Å². The average molecular weight is 312 g/mol. The van der Waals surface area contributed by atoms with E-state index in [0.29, 0.717) is 12.6 Å². The Morgan fingerprint density at radius 3 is 2.43 bits per heavy atom. The Kier molecular flexibility index (Phi) is 5.97. The number of aromatic nitrogens is 4. The standard InChI is InChI=1S/C16H18N4O.C2H6/c1-12(2)20-8-7-14(19-20)10-21-15-5-3-13(4-6-15)16-9-17-11-18-16;1-2/h3-9,11-12H,10H2,1-2H3,(H,17,18);1-2H3. The van der Waals surface area contributed by atoms with Gasteiger partial charge in [-0.2, -0.15) is 5.10 Å². The molecule has 0 aliphatic rings. The third-order valence-electron chi connectivity index (χ3n) is 3.24. The molecule has 122 valence electrons. The second-order valence-electron chi connectivity index (χ2n) is 5.16. The maximum absolute atomic E-state index is 5.76. The van der Waals surface area contributed by atoms with Crippen LogP contribution in [0.4, 0.5) is 0 Å². The lowest BCUT2D eigenvalue weighted by molar-refractivity contribution is 0.298. The van der Waals surface area contributed by atoms with E-state index in [-0.39, 0.29) is 0 Å². The summed E-state index contributed by atoms with van der Waals surface area (Å²) < 4.78 is 7.69. The first kappa shape index (κ1) is 16.8. The van der Waals surface area contributed by atoms with Crippen LogP contribution in [-0.4, -0.2) is 19.7 Å². The molecule has 23 heavy (non-hydrogen) atoms. The zero-order chi connectivity index (χ0) is 16.7. The summed E-state index contributed by atoms with van der Waals surface area (Å²) in [6.07, 6.45) is 5.45. The molecule has 2 heterocycles. The number of rotatable bonds is 5. The van der Waals surface area contributed by atoms with Gasteiger partial charge in [-0.25, -0.2) is 4.98 Å². The molecule has 0 spiro atoms. The summed E-state index contributed by atoms with van der Waals surface area (Å²) in [6.45, 7) is 8.68. The SMILES string of the molecule is CC.CC(C)n1ccc(COc2ccc(-c3cnc[nH]3)cc2)n1. The molecule has 0 saturated heterocycles. The van der Waals surface area contributed by atoms with Gasteiger partial charge < -0.3 is 9.72 Å². The highest BCUT2D eigenvalue weighted by atomic mass is 16.5. The van der Waals surface area contributed by atoms with Crippen LogP contribution < -0.4 is 4.74 Å². The first-order valence-electron chi connectivity index (χ1n) is 7.98. The van der Waals surface area contributed by atoms with Crippen molar-refractivity contribution in [2.24, 2.45) is 0 Å². The monoisotopic (exact) mass is 312 g/mol. The molecule has 0 unspecified atom stereocenters. The van der Waals surface area contributed by atoms with Crippen LogP contribution in [0.2, 0.25) is 0 Å². The maximum atomic E-state index is 5.76. The lowest BCUT2D eigenvalue weighted by Crippen LogP contribution is -2.03. The molecule has 0 atom stereocenters. The molecule has 3 aromatic rings. The summed E-state index contributed by atoms with van der Waals surface area (Å²) in [6, 6.07) is 10.3. The van der Waals surface area contributed by atoms with Crippen molar-refractivity contribution in [2.75, 3.05) is 0 Å². The van der Waals surface area contributed by atoms with E-state index in [1.54, 1.807) is 12.5 Å². The minimum Gasteiger partial charge on any atom is -0.487 e. The normalized spacial score (nSPS) is 10.3. The molecule has 3 rings (SSSR count). The molecule has 2 aromatic heterocycles. The van der Waals surface area contributed by atoms with Gasteiger partial charge in [-0.15, -0.1) is 0 Å². The van der Waals surface area contributed by atoms with Gasteiger partial charge in [0.25, 0.3) is 0 Å². The molecule has 0 radical (unpaired) electrons. The number of aromatic amines is 1. The molecule has 0 saturated carbocycles. The van der Waals surface area contributed by atoms with Crippen molar-refractivity contribution in [1.82, 2.24) is 19.7 Å². The Balaban J connectivity index is 0.000000924. The molecule has 0 aliphatic carbocycles. The van der Waals surface area contributed by atoms with Crippen molar-refractivity contribution >= 4 is 0 Å². The van der Waals surface area contributed by atoms with E-state index in [1.165, 1.54) is 0 Å². The molecule has 5 nitrogen and oxygen atoms in total. The van der Waals surface area contributed by atoms with Crippen LogP contribution in [0.5, 0.6) is 5.75 Å². The van der Waals surface area contributed by atoms with Gasteiger partial charge in [0, 0.05) is 12.2 Å². The lowest BCUT2D eigenvalue weighted by Gasteiger charge is -2.06. The topological polar surface area (TPSA) is 55.7 Å². The van der Waals surface area contributed by atoms with Crippen LogP contribution in [-0.2, 0) is 6.61 Å². The molecule has 0 aliphatic heterocycles. The zero-order valence-electron chi connectivity index (χ0n) is 14.2. The predicted molar refractivity (Wildman–Crippen MR) is 92.3 cm³/mol. The fourth-order valence-electron chi connectivity index (χ4n) is 2.04. The van der Waals surface area contributed by atoms with Gasteiger partial charge in [0.2, 0.25) is 0 Å². The van der Waals surface area contributed by atoms with Crippen LogP contribution >= 0.6 is 0 Å². The van der Waals surface area contributed by atoms with Gasteiger partial charge in [-0.05, 0) is 49.7 Å². The highest BCUT2D eigenvalue weighted by molar-refractivity contribution is 5.58. The van der Waals surface area contributed by atoms with E-state index in [1.807, 2.05) is 55.1 Å². The van der Waals surface area contributed by atoms with Gasteiger partial charge >= 0.3 is 0 Å². The first-order chi connectivity index (χ1) is 11.2. The molecule has 5 heteroatoms. The molecule has 0 fully saturated rings. The predicted octanol–water partition coefficient (Wildman–Crippen LogP) is 4.46. The van der Waals surface area contributed by atoms with E-state index < -0.39 is 0 Å². The number of nitrogens with one attached hydrogen (secondary N) is 1. The molecule has 0 bridgehead atoms. The number of H-pyrrole nitrogens is 1. The summed E-state index contributed by atoms with van der Waals surface area (Å²) in [4.78, 5) is 7.10. The Hall–Kier alpha value is -2.56. The van der Waals surface area contributed by atoms with Crippen LogP contribution in [0.1, 0.15) is 39.4 Å². The van der Waals surface area contributed by atoms with E-state index in [4.69, 9.17) is 4.74 Å². The molecule has 0 amide bonds. The highest BCUT2D eigenvalue weighted by Crippen LogP contribution is 2.20. The summed E-state index contributed by atoms with van der Waals surface area (Å²) in [7, 11) is 0. The van der Waals surface area contributed by atoms with Crippen LogP contribution in [0.15, 0.2) is 49.1 Å². The molecular weight excluding hydrogens is 288 g/mol. The average Bonchev–Trinajstić information content (AvgIpc) is 3.27. The smallest absolute Gasteiger partial charge is 0.132 e. The van der Waals surface area contributed by atoms with Crippen molar-refractivity contribution in [3.63, 3.8) is 0 Å². The van der Waals surface area contributed by atoms with E-state index >= 15 is 0 Å². The second-order valence-corrected chi connectivity index (χ2v) is 5.16. The Morgan fingerprint density at radius 2 is 1.87 bits per heavy atom. The zero-order valence-corrected chi connectivity index (χ0v) is 14.2. The minimum atomic E-state index is 0.368. The first-order valence-corrected chi connectivity index (χ1v) is 7.98. The second kappa shape index (κ2) is 8.17. The summed E-state index contributed by atoms with van der Waals surface area (Å²) in [5, 5.41) is 4.46. The summed E-state index contributed by atoms with van der Waals surface area (Å²) in [5.74, 6) is 0.831. The fourth-order valence-corrected chi connectivity index (χ4v) is 2.04. The van der Waals surface area contributed by atoms with Gasteiger partial charge in [0.1, 0.15) is 12.4 Å². The van der Waals surface area contributed by atoms with Crippen LogP contribution in [0.3, 0.4) is 0 Å². The third kappa shape index (κ3) is 4.45. The van der Waals surface area contributed by atoms with Crippen molar-refractivity contribution in [2.45, 2.75) is 40.3 Å². The van der Waals surface area contributed by atoms with E-state index in [0.717, 1.165) is 22.7 Å². The van der Waals surface area contributed by atoms with Crippen LogP contribution in [0.25, 0.3) is 11.3 Å². The fraction of sp³-hybridized carbons (Fsp3) is 0.333.